The predicted molar refractivity (Wildman–Crippen MR) is 89.6 cm³/mol. The van der Waals surface area contributed by atoms with Gasteiger partial charge in [0.1, 0.15) is 11.4 Å². The van der Waals surface area contributed by atoms with Crippen LogP contribution in [-0.2, 0) is 4.74 Å². The third-order valence-electron chi connectivity index (χ3n) is 3.69. The molecule has 3 rings (SSSR count). The van der Waals surface area contributed by atoms with Crippen molar-refractivity contribution in [3.8, 4) is 0 Å². The first kappa shape index (κ1) is 15.5. The molecule has 0 bridgehead atoms. The van der Waals surface area contributed by atoms with E-state index in [1.54, 1.807) is 11.1 Å². The average Bonchev–Trinajstić information content (AvgIpc) is 2.53. The molecule has 1 amide bonds. The third-order valence-corrected chi connectivity index (χ3v) is 3.69. The number of fused-ring (bicyclic) bond motifs is 1. The van der Waals surface area contributed by atoms with Gasteiger partial charge >= 0.3 is 6.09 Å². The van der Waals surface area contributed by atoms with Gasteiger partial charge in [-0.3, -0.25) is 4.98 Å². The maximum absolute atomic E-state index is 12.1. The van der Waals surface area contributed by atoms with Gasteiger partial charge in [-0.25, -0.2) is 9.78 Å². The molecule has 0 radical (unpaired) electrons. The predicted octanol–water partition coefficient (Wildman–Crippen LogP) is 2.69. The Hall–Kier alpha value is -2.37. The Bertz CT molecular complexity index is 703. The summed E-state index contributed by atoms with van der Waals surface area (Å²) >= 11 is 0. The maximum Gasteiger partial charge on any atom is 0.410 e. The van der Waals surface area contributed by atoms with Gasteiger partial charge in [0.05, 0.1) is 17.2 Å². The van der Waals surface area contributed by atoms with E-state index in [0.29, 0.717) is 13.1 Å². The van der Waals surface area contributed by atoms with Crippen LogP contribution >= 0.6 is 0 Å². The number of para-hydroxylation sites is 2. The van der Waals surface area contributed by atoms with Crippen molar-refractivity contribution < 1.29 is 9.53 Å². The molecule has 0 N–H and O–H groups in total. The van der Waals surface area contributed by atoms with Crippen LogP contribution in [0.3, 0.4) is 0 Å². The van der Waals surface area contributed by atoms with Crippen LogP contribution in [0.15, 0.2) is 30.5 Å². The van der Waals surface area contributed by atoms with E-state index in [1.807, 2.05) is 45.0 Å². The van der Waals surface area contributed by atoms with Crippen molar-refractivity contribution in [2.75, 3.05) is 31.1 Å². The minimum absolute atomic E-state index is 0.248. The number of benzene rings is 1. The summed E-state index contributed by atoms with van der Waals surface area (Å²) in [5.74, 6) is 0.854. The lowest BCUT2D eigenvalue weighted by Gasteiger charge is -2.36. The number of aromatic nitrogens is 2. The molecular formula is C17H22N4O2. The Morgan fingerprint density at radius 1 is 1.09 bits per heavy atom. The minimum Gasteiger partial charge on any atom is -0.444 e. The summed E-state index contributed by atoms with van der Waals surface area (Å²) in [6.45, 7) is 8.36. The molecule has 1 aliphatic heterocycles. The number of piperazine rings is 1. The topological polar surface area (TPSA) is 58.6 Å². The van der Waals surface area contributed by atoms with Gasteiger partial charge in [0, 0.05) is 26.2 Å². The average molecular weight is 314 g/mol. The van der Waals surface area contributed by atoms with Gasteiger partial charge in [0.25, 0.3) is 0 Å². The Labute approximate surface area is 136 Å². The van der Waals surface area contributed by atoms with Crippen LogP contribution in [0.2, 0.25) is 0 Å². The molecule has 2 aromatic rings. The number of hydrogen-bond acceptors (Lipinski definition) is 5. The van der Waals surface area contributed by atoms with Crippen LogP contribution in [0.25, 0.3) is 11.0 Å². The summed E-state index contributed by atoms with van der Waals surface area (Å²) < 4.78 is 5.42. The van der Waals surface area contributed by atoms with Crippen LogP contribution < -0.4 is 4.90 Å². The lowest BCUT2D eigenvalue weighted by atomic mass is 10.2. The molecule has 0 unspecified atom stereocenters. The van der Waals surface area contributed by atoms with Gasteiger partial charge < -0.3 is 14.5 Å². The molecule has 23 heavy (non-hydrogen) atoms. The molecule has 0 saturated carbocycles. The standard InChI is InChI=1S/C17H22N4O2/c1-17(2,3)23-16(22)21-10-8-20(9-11-21)15-12-18-13-6-4-5-7-14(13)19-15/h4-7,12H,8-11H2,1-3H3. The van der Waals surface area contributed by atoms with Crippen LogP contribution in [0.4, 0.5) is 10.6 Å². The second kappa shape index (κ2) is 6.02. The summed E-state index contributed by atoms with van der Waals surface area (Å²) in [7, 11) is 0. The van der Waals surface area contributed by atoms with Crippen molar-refractivity contribution in [3.05, 3.63) is 30.5 Å². The summed E-state index contributed by atoms with van der Waals surface area (Å²) in [6, 6.07) is 7.83. The highest BCUT2D eigenvalue weighted by Gasteiger charge is 2.26. The highest BCUT2D eigenvalue weighted by Crippen LogP contribution is 2.18. The second-order valence-corrected chi connectivity index (χ2v) is 6.67. The van der Waals surface area contributed by atoms with Gasteiger partial charge in [-0.05, 0) is 32.9 Å². The van der Waals surface area contributed by atoms with E-state index in [-0.39, 0.29) is 6.09 Å². The molecule has 1 fully saturated rings. The SMILES string of the molecule is CC(C)(C)OC(=O)N1CCN(c2cnc3ccccc3n2)CC1. The lowest BCUT2D eigenvalue weighted by molar-refractivity contribution is 0.0240. The Morgan fingerprint density at radius 2 is 1.74 bits per heavy atom. The van der Waals surface area contributed by atoms with Gasteiger partial charge in [-0.15, -0.1) is 0 Å². The number of rotatable bonds is 1. The number of anilines is 1. The Kier molecular flexibility index (Phi) is 4.07. The van der Waals surface area contributed by atoms with E-state index in [1.165, 1.54) is 0 Å². The molecule has 6 nitrogen and oxygen atoms in total. The van der Waals surface area contributed by atoms with E-state index >= 15 is 0 Å². The van der Waals surface area contributed by atoms with Gasteiger partial charge in [-0.1, -0.05) is 12.1 Å². The highest BCUT2D eigenvalue weighted by atomic mass is 16.6. The van der Waals surface area contributed by atoms with E-state index in [4.69, 9.17) is 4.74 Å². The highest BCUT2D eigenvalue weighted by molar-refractivity contribution is 5.75. The number of carbonyl (C=O) groups excluding carboxylic acids is 1. The summed E-state index contributed by atoms with van der Waals surface area (Å²) in [5, 5.41) is 0. The molecular weight excluding hydrogens is 292 g/mol. The van der Waals surface area contributed by atoms with Crippen molar-refractivity contribution in [2.45, 2.75) is 26.4 Å². The normalized spacial score (nSPS) is 15.8. The number of nitrogens with zero attached hydrogens (tertiary/aromatic N) is 4. The van der Waals surface area contributed by atoms with Crippen molar-refractivity contribution in [1.29, 1.82) is 0 Å². The van der Waals surface area contributed by atoms with Gasteiger partial charge in [0.2, 0.25) is 0 Å². The van der Waals surface area contributed by atoms with Crippen molar-refractivity contribution in [1.82, 2.24) is 14.9 Å². The van der Waals surface area contributed by atoms with Crippen LogP contribution in [0.1, 0.15) is 20.8 Å². The first-order valence-electron chi connectivity index (χ1n) is 7.87. The minimum atomic E-state index is -0.460. The molecule has 0 aliphatic carbocycles. The Morgan fingerprint density at radius 3 is 2.39 bits per heavy atom. The van der Waals surface area contributed by atoms with Crippen molar-refractivity contribution in [2.24, 2.45) is 0 Å². The zero-order chi connectivity index (χ0) is 16.4. The van der Waals surface area contributed by atoms with E-state index in [0.717, 1.165) is 29.9 Å². The number of ether oxygens (including phenoxy) is 1. The molecule has 1 aliphatic rings. The van der Waals surface area contributed by atoms with Crippen molar-refractivity contribution >= 4 is 22.9 Å². The van der Waals surface area contributed by atoms with E-state index in [9.17, 15) is 4.79 Å². The number of amides is 1. The fourth-order valence-corrected chi connectivity index (χ4v) is 2.54. The second-order valence-electron chi connectivity index (χ2n) is 6.67. The molecule has 122 valence electrons. The van der Waals surface area contributed by atoms with Crippen molar-refractivity contribution in [3.63, 3.8) is 0 Å². The molecule has 6 heteroatoms. The quantitative estimate of drug-likeness (QED) is 0.810. The van der Waals surface area contributed by atoms with Gasteiger partial charge in [0.15, 0.2) is 0 Å². The number of hydrogen-bond donors (Lipinski definition) is 0. The summed E-state index contributed by atoms with van der Waals surface area (Å²) in [4.78, 5) is 25.1. The molecule has 0 atom stereocenters. The fraction of sp³-hybridized carbons (Fsp3) is 0.471. The van der Waals surface area contributed by atoms with Gasteiger partial charge in [-0.2, -0.15) is 0 Å². The van der Waals surface area contributed by atoms with Crippen LogP contribution in [0, 0.1) is 0 Å². The maximum atomic E-state index is 12.1. The summed E-state index contributed by atoms with van der Waals surface area (Å²) in [6.07, 6.45) is 1.55. The zero-order valence-corrected chi connectivity index (χ0v) is 13.8. The monoisotopic (exact) mass is 314 g/mol. The van der Waals surface area contributed by atoms with Crippen LogP contribution in [0.5, 0.6) is 0 Å². The molecule has 1 aromatic heterocycles. The Balaban J connectivity index is 1.65. The lowest BCUT2D eigenvalue weighted by Crippen LogP contribution is -2.50. The van der Waals surface area contributed by atoms with E-state index < -0.39 is 5.60 Å². The van der Waals surface area contributed by atoms with Crippen LogP contribution in [-0.4, -0.2) is 52.7 Å². The fourth-order valence-electron chi connectivity index (χ4n) is 2.54. The smallest absolute Gasteiger partial charge is 0.410 e. The third kappa shape index (κ3) is 3.70. The molecule has 0 spiro atoms. The first-order chi connectivity index (χ1) is 10.9. The largest absolute Gasteiger partial charge is 0.444 e. The zero-order valence-electron chi connectivity index (χ0n) is 13.8. The molecule has 1 aromatic carbocycles. The van der Waals surface area contributed by atoms with E-state index in [2.05, 4.69) is 14.9 Å². The molecule has 2 heterocycles. The first-order valence-corrected chi connectivity index (χ1v) is 7.87. The number of carbonyl (C=O) groups is 1. The molecule has 1 saturated heterocycles. The summed E-state index contributed by atoms with van der Waals surface area (Å²) in [5.41, 5.74) is 1.32.